The molecular formula is C25H19F6N5O3. The van der Waals surface area contributed by atoms with E-state index in [1.54, 1.807) is 30.3 Å². The SMILES string of the molecule is COc1cn(-c2ccc(N3CC(F)(F)C(F)(F)C3)cc2OC(F)F)nc(-c2ccnn2-c2ccccc2)c1=O. The number of aromatic nitrogens is 4. The van der Waals surface area contributed by atoms with Crippen LogP contribution in [-0.2, 0) is 0 Å². The number of ether oxygens (including phenoxy) is 2. The lowest BCUT2D eigenvalue weighted by atomic mass is 10.2. The molecule has 8 nitrogen and oxygen atoms in total. The second-order valence-corrected chi connectivity index (χ2v) is 8.58. The van der Waals surface area contributed by atoms with Gasteiger partial charge in [-0.05, 0) is 30.3 Å². The Bertz CT molecular complexity index is 1540. The third kappa shape index (κ3) is 4.77. The Morgan fingerprint density at radius 1 is 0.923 bits per heavy atom. The Balaban J connectivity index is 1.63. The molecule has 0 atom stereocenters. The number of alkyl halides is 6. The van der Waals surface area contributed by atoms with Gasteiger partial charge in [0, 0.05) is 11.8 Å². The summed E-state index contributed by atoms with van der Waals surface area (Å²) in [6.45, 7) is -5.98. The first-order valence-electron chi connectivity index (χ1n) is 11.4. The Morgan fingerprint density at radius 2 is 1.62 bits per heavy atom. The summed E-state index contributed by atoms with van der Waals surface area (Å²) in [6, 6.07) is 13.6. The Hall–Kier alpha value is -4.49. The molecule has 14 heteroatoms. The van der Waals surface area contributed by atoms with Crippen molar-refractivity contribution in [3.8, 4) is 34.3 Å². The zero-order valence-electron chi connectivity index (χ0n) is 20.1. The van der Waals surface area contributed by atoms with E-state index < -0.39 is 42.7 Å². The zero-order valence-corrected chi connectivity index (χ0v) is 20.1. The highest BCUT2D eigenvalue weighted by molar-refractivity contribution is 5.62. The lowest BCUT2D eigenvalue weighted by Gasteiger charge is -2.20. The first-order valence-corrected chi connectivity index (χ1v) is 11.4. The van der Waals surface area contributed by atoms with Crippen molar-refractivity contribution in [2.75, 3.05) is 25.1 Å². The van der Waals surface area contributed by atoms with Crippen LogP contribution in [0.15, 0.2) is 71.8 Å². The molecule has 0 aliphatic carbocycles. The van der Waals surface area contributed by atoms with Gasteiger partial charge in [-0.25, -0.2) is 9.36 Å². The van der Waals surface area contributed by atoms with E-state index in [2.05, 4.69) is 14.9 Å². The Kier molecular flexibility index (Phi) is 6.48. The van der Waals surface area contributed by atoms with Gasteiger partial charge >= 0.3 is 18.5 Å². The van der Waals surface area contributed by atoms with Crippen LogP contribution in [0.4, 0.5) is 32.0 Å². The van der Waals surface area contributed by atoms with Crippen LogP contribution in [0, 0.1) is 0 Å². The zero-order chi connectivity index (χ0) is 27.9. The fourth-order valence-electron chi connectivity index (χ4n) is 4.19. The first kappa shape index (κ1) is 26.1. The van der Waals surface area contributed by atoms with Gasteiger partial charge in [-0.3, -0.25) is 4.79 Å². The molecule has 0 bridgehead atoms. The molecule has 4 aromatic rings. The summed E-state index contributed by atoms with van der Waals surface area (Å²) >= 11 is 0. The average molecular weight is 551 g/mol. The topological polar surface area (TPSA) is 74.4 Å². The van der Waals surface area contributed by atoms with Gasteiger partial charge in [-0.15, -0.1) is 0 Å². The molecule has 1 saturated heterocycles. The highest BCUT2D eigenvalue weighted by atomic mass is 19.3. The van der Waals surface area contributed by atoms with Crippen LogP contribution in [0.2, 0.25) is 0 Å². The van der Waals surface area contributed by atoms with Crippen LogP contribution in [0.3, 0.4) is 0 Å². The van der Waals surface area contributed by atoms with Gasteiger partial charge in [0.2, 0.25) is 0 Å². The van der Waals surface area contributed by atoms with E-state index >= 15 is 0 Å². The van der Waals surface area contributed by atoms with E-state index in [9.17, 15) is 31.1 Å². The molecule has 5 rings (SSSR count). The van der Waals surface area contributed by atoms with Crippen LogP contribution in [0.5, 0.6) is 11.5 Å². The third-order valence-electron chi connectivity index (χ3n) is 6.08. The molecule has 0 unspecified atom stereocenters. The summed E-state index contributed by atoms with van der Waals surface area (Å²) in [5.74, 6) is -9.37. The van der Waals surface area contributed by atoms with Gasteiger partial charge in [-0.1, -0.05) is 18.2 Å². The summed E-state index contributed by atoms with van der Waals surface area (Å²) < 4.78 is 94.0. The molecule has 0 N–H and O–H groups in total. The maximum atomic E-state index is 13.8. The molecule has 0 spiro atoms. The second kappa shape index (κ2) is 9.67. The quantitative estimate of drug-likeness (QED) is 0.308. The molecule has 204 valence electrons. The van der Waals surface area contributed by atoms with Gasteiger partial charge in [0.05, 0.1) is 44.0 Å². The van der Waals surface area contributed by atoms with Gasteiger partial charge in [0.25, 0.3) is 5.43 Å². The fraction of sp³-hybridized carbons (Fsp3) is 0.240. The predicted molar refractivity (Wildman–Crippen MR) is 128 cm³/mol. The van der Waals surface area contributed by atoms with E-state index in [-0.39, 0.29) is 28.5 Å². The molecule has 2 aromatic heterocycles. The minimum atomic E-state index is -4.31. The average Bonchev–Trinajstić information content (AvgIpc) is 3.46. The van der Waals surface area contributed by atoms with E-state index in [1.165, 1.54) is 36.2 Å². The number of anilines is 1. The van der Waals surface area contributed by atoms with Crippen molar-refractivity contribution in [2.45, 2.75) is 18.5 Å². The fourth-order valence-corrected chi connectivity index (χ4v) is 4.19. The molecule has 1 aliphatic rings. The van der Waals surface area contributed by atoms with E-state index in [1.807, 2.05) is 0 Å². The summed E-state index contributed by atoms with van der Waals surface area (Å²) in [5, 5.41) is 8.54. The van der Waals surface area contributed by atoms with E-state index in [0.717, 1.165) is 16.9 Å². The monoisotopic (exact) mass is 551 g/mol. The molecule has 0 radical (unpaired) electrons. The van der Waals surface area contributed by atoms with Crippen molar-refractivity contribution in [2.24, 2.45) is 0 Å². The van der Waals surface area contributed by atoms with Gasteiger partial charge in [-0.2, -0.15) is 36.5 Å². The maximum absolute atomic E-state index is 13.8. The van der Waals surface area contributed by atoms with Crippen molar-refractivity contribution in [1.29, 1.82) is 0 Å². The van der Waals surface area contributed by atoms with Crippen LogP contribution < -0.4 is 19.8 Å². The number of para-hydroxylation sites is 1. The largest absolute Gasteiger partial charge is 0.491 e. The number of rotatable bonds is 7. The number of hydrogen-bond donors (Lipinski definition) is 0. The number of methoxy groups -OCH3 is 1. The summed E-state index contributed by atoms with van der Waals surface area (Å²) in [5.41, 5.74) is -0.238. The number of hydrogen-bond acceptors (Lipinski definition) is 6. The molecule has 1 fully saturated rings. The number of benzene rings is 2. The number of halogens is 6. The lowest BCUT2D eigenvalue weighted by Crippen LogP contribution is -2.38. The van der Waals surface area contributed by atoms with Crippen molar-refractivity contribution < 1.29 is 35.8 Å². The first-order chi connectivity index (χ1) is 18.5. The molecule has 39 heavy (non-hydrogen) atoms. The molecular weight excluding hydrogens is 532 g/mol. The molecule has 3 heterocycles. The molecule has 0 amide bonds. The normalized spacial score (nSPS) is 16.1. The minimum Gasteiger partial charge on any atom is -0.491 e. The maximum Gasteiger partial charge on any atom is 0.387 e. The highest BCUT2D eigenvalue weighted by Gasteiger charge is 2.63. The minimum absolute atomic E-state index is 0.137. The Morgan fingerprint density at radius 3 is 2.26 bits per heavy atom. The lowest BCUT2D eigenvalue weighted by molar-refractivity contribution is -0.172. The third-order valence-corrected chi connectivity index (χ3v) is 6.08. The van der Waals surface area contributed by atoms with E-state index in [0.29, 0.717) is 10.6 Å². The van der Waals surface area contributed by atoms with Gasteiger partial charge in [0.15, 0.2) is 17.2 Å². The van der Waals surface area contributed by atoms with Crippen LogP contribution in [0.25, 0.3) is 22.8 Å². The summed E-state index contributed by atoms with van der Waals surface area (Å²) in [7, 11) is 1.23. The van der Waals surface area contributed by atoms with Crippen molar-refractivity contribution >= 4 is 5.69 Å². The van der Waals surface area contributed by atoms with Gasteiger partial charge in [0.1, 0.15) is 5.69 Å². The molecule has 0 saturated carbocycles. The van der Waals surface area contributed by atoms with Crippen molar-refractivity contribution in [3.05, 3.63) is 77.2 Å². The van der Waals surface area contributed by atoms with Crippen LogP contribution in [0.1, 0.15) is 0 Å². The standard InChI is InChI=1S/C25H19F6N5O3/c1-38-20-12-35(33-21(22(20)37)18-9-10-32-36(18)15-5-3-2-4-6-15)17-8-7-16(11-19(17)39-23(26)27)34-13-24(28,29)25(30,31)14-34/h2-12,23H,13-14H2,1H3. The highest BCUT2D eigenvalue weighted by Crippen LogP contribution is 2.43. The van der Waals surface area contributed by atoms with Crippen molar-refractivity contribution in [3.63, 3.8) is 0 Å². The number of nitrogens with zero attached hydrogens (tertiary/aromatic N) is 5. The van der Waals surface area contributed by atoms with Gasteiger partial charge < -0.3 is 14.4 Å². The van der Waals surface area contributed by atoms with Crippen LogP contribution >= 0.6 is 0 Å². The summed E-state index contributed by atoms with van der Waals surface area (Å²) in [6.07, 6.45) is 2.57. The van der Waals surface area contributed by atoms with Crippen LogP contribution in [-0.4, -0.2) is 58.2 Å². The second-order valence-electron chi connectivity index (χ2n) is 8.58. The smallest absolute Gasteiger partial charge is 0.387 e. The summed E-state index contributed by atoms with van der Waals surface area (Å²) in [4.78, 5) is 13.8. The molecule has 2 aromatic carbocycles. The van der Waals surface area contributed by atoms with Crippen molar-refractivity contribution in [1.82, 2.24) is 19.6 Å². The predicted octanol–water partition coefficient (Wildman–Crippen LogP) is 4.79. The van der Waals surface area contributed by atoms with E-state index in [4.69, 9.17) is 4.74 Å². The molecule has 1 aliphatic heterocycles. The Labute approximate surface area is 216 Å².